The first-order chi connectivity index (χ1) is 7.61. The molecule has 16 heavy (non-hydrogen) atoms. The van der Waals surface area contributed by atoms with E-state index in [-0.39, 0.29) is 5.91 Å². The summed E-state index contributed by atoms with van der Waals surface area (Å²) >= 11 is 0. The molecule has 0 saturated heterocycles. The van der Waals surface area contributed by atoms with Crippen LogP contribution in [0.25, 0.3) is 6.08 Å². The number of hydrogen-bond donors (Lipinski definition) is 2. The van der Waals surface area contributed by atoms with Crippen LogP contribution in [0.1, 0.15) is 22.8 Å². The minimum Gasteiger partial charge on any atom is -0.366 e. The number of benzene rings is 1. The second-order valence-corrected chi connectivity index (χ2v) is 3.29. The van der Waals surface area contributed by atoms with Gasteiger partial charge in [-0.25, -0.2) is 0 Å². The molecule has 0 aliphatic rings. The number of carbonyl (C=O) groups excluding carboxylic acids is 2. The lowest BCUT2D eigenvalue weighted by Gasteiger charge is -2.01. The van der Waals surface area contributed by atoms with Crippen LogP contribution < -0.4 is 11.1 Å². The van der Waals surface area contributed by atoms with E-state index in [1.807, 2.05) is 6.07 Å². The third-order valence-corrected chi connectivity index (χ3v) is 1.99. The van der Waals surface area contributed by atoms with Gasteiger partial charge >= 0.3 is 0 Å². The molecule has 4 nitrogen and oxygen atoms in total. The monoisotopic (exact) mass is 218 g/mol. The summed E-state index contributed by atoms with van der Waals surface area (Å²) in [7, 11) is 0. The van der Waals surface area contributed by atoms with E-state index in [0.29, 0.717) is 12.1 Å². The first-order valence-corrected chi connectivity index (χ1v) is 4.91. The highest BCUT2D eigenvalue weighted by molar-refractivity contribution is 5.96. The van der Waals surface area contributed by atoms with Gasteiger partial charge in [-0.1, -0.05) is 30.4 Å². The molecule has 0 aliphatic heterocycles. The maximum Gasteiger partial charge on any atom is 0.249 e. The molecule has 0 heterocycles. The van der Waals surface area contributed by atoms with Crippen molar-refractivity contribution in [1.82, 2.24) is 5.32 Å². The van der Waals surface area contributed by atoms with E-state index < -0.39 is 5.91 Å². The number of nitrogens with two attached hydrogens (primary N) is 1. The quantitative estimate of drug-likeness (QED) is 0.789. The number of primary amides is 1. The topological polar surface area (TPSA) is 72.2 Å². The molecule has 4 heteroatoms. The van der Waals surface area contributed by atoms with E-state index in [1.165, 1.54) is 6.92 Å². The van der Waals surface area contributed by atoms with Gasteiger partial charge in [0.15, 0.2) is 0 Å². The van der Waals surface area contributed by atoms with Crippen molar-refractivity contribution in [2.75, 3.05) is 6.54 Å². The zero-order valence-electron chi connectivity index (χ0n) is 9.07. The molecule has 0 spiro atoms. The van der Waals surface area contributed by atoms with Gasteiger partial charge in [-0.05, 0) is 11.6 Å². The average Bonchev–Trinajstić information content (AvgIpc) is 2.24. The Morgan fingerprint density at radius 1 is 1.38 bits per heavy atom. The van der Waals surface area contributed by atoms with Gasteiger partial charge in [0, 0.05) is 19.0 Å². The van der Waals surface area contributed by atoms with Crippen LogP contribution in [-0.2, 0) is 4.79 Å². The molecule has 0 fully saturated rings. The van der Waals surface area contributed by atoms with Crippen molar-refractivity contribution in [3.05, 3.63) is 41.5 Å². The fraction of sp³-hybridized carbons (Fsp3) is 0.167. The fourth-order valence-electron chi connectivity index (χ4n) is 1.26. The largest absolute Gasteiger partial charge is 0.366 e. The Kier molecular flexibility index (Phi) is 4.27. The Morgan fingerprint density at radius 2 is 2.06 bits per heavy atom. The van der Waals surface area contributed by atoms with Crippen LogP contribution in [-0.4, -0.2) is 18.4 Å². The molecular weight excluding hydrogens is 204 g/mol. The van der Waals surface area contributed by atoms with Crippen LogP contribution in [0.4, 0.5) is 0 Å². The van der Waals surface area contributed by atoms with Crippen molar-refractivity contribution in [3.63, 3.8) is 0 Å². The third-order valence-electron chi connectivity index (χ3n) is 1.99. The predicted octanol–water partition coefficient (Wildman–Crippen LogP) is 0.935. The average molecular weight is 218 g/mol. The van der Waals surface area contributed by atoms with Gasteiger partial charge in [-0.15, -0.1) is 0 Å². The Hall–Kier alpha value is -2.10. The van der Waals surface area contributed by atoms with E-state index in [0.717, 1.165) is 5.56 Å². The van der Waals surface area contributed by atoms with Crippen LogP contribution in [0.2, 0.25) is 0 Å². The van der Waals surface area contributed by atoms with Crippen molar-refractivity contribution in [2.45, 2.75) is 6.92 Å². The van der Waals surface area contributed by atoms with Crippen molar-refractivity contribution < 1.29 is 9.59 Å². The van der Waals surface area contributed by atoms with E-state index in [2.05, 4.69) is 5.32 Å². The number of amides is 2. The van der Waals surface area contributed by atoms with Gasteiger partial charge in [0.2, 0.25) is 11.8 Å². The number of hydrogen-bond acceptors (Lipinski definition) is 2. The standard InChI is InChI=1S/C12H14N2O2/c1-9(15)14-8-4-6-10-5-2-3-7-11(10)12(13)16/h2-7H,8H2,1H3,(H2,13,16)(H,14,15). The van der Waals surface area contributed by atoms with E-state index in [1.54, 1.807) is 30.4 Å². The summed E-state index contributed by atoms with van der Waals surface area (Å²) in [4.78, 5) is 21.7. The van der Waals surface area contributed by atoms with Gasteiger partial charge in [0.25, 0.3) is 0 Å². The van der Waals surface area contributed by atoms with E-state index in [4.69, 9.17) is 5.73 Å². The molecule has 0 radical (unpaired) electrons. The van der Waals surface area contributed by atoms with Gasteiger partial charge in [0.1, 0.15) is 0 Å². The summed E-state index contributed by atoms with van der Waals surface area (Å²) in [6, 6.07) is 7.04. The van der Waals surface area contributed by atoms with Crippen LogP contribution in [0.3, 0.4) is 0 Å². The van der Waals surface area contributed by atoms with Crippen molar-refractivity contribution in [1.29, 1.82) is 0 Å². The molecule has 1 aromatic rings. The summed E-state index contributed by atoms with van der Waals surface area (Å²) in [5, 5.41) is 2.62. The van der Waals surface area contributed by atoms with Gasteiger partial charge in [-0.2, -0.15) is 0 Å². The fourth-order valence-corrected chi connectivity index (χ4v) is 1.26. The molecule has 3 N–H and O–H groups in total. The van der Waals surface area contributed by atoms with Crippen molar-refractivity contribution in [2.24, 2.45) is 5.73 Å². The van der Waals surface area contributed by atoms with E-state index in [9.17, 15) is 9.59 Å². The molecule has 1 rings (SSSR count). The van der Waals surface area contributed by atoms with Crippen LogP contribution in [0.5, 0.6) is 0 Å². The second-order valence-electron chi connectivity index (χ2n) is 3.29. The smallest absolute Gasteiger partial charge is 0.249 e. The zero-order chi connectivity index (χ0) is 12.0. The number of nitrogens with one attached hydrogen (secondary N) is 1. The number of carbonyl (C=O) groups is 2. The molecular formula is C12H14N2O2. The molecule has 0 saturated carbocycles. The normalized spacial score (nSPS) is 10.3. The number of rotatable bonds is 4. The SMILES string of the molecule is CC(=O)NCC=Cc1ccccc1C(N)=O. The lowest BCUT2D eigenvalue weighted by atomic mass is 10.1. The Labute approximate surface area is 94.1 Å². The van der Waals surface area contributed by atoms with Crippen molar-refractivity contribution in [3.8, 4) is 0 Å². The first-order valence-electron chi connectivity index (χ1n) is 4.91. The van der Waals surface area contributed by atoms with Crippen LogP contribution in [0.15, 0.2) is 30.3 Å². The maximum absolute atomic E-state index is 11.1. The van der Waals surface area contributed by atoms with Crippen LogP contribution >= 0.6 is 0 Å². The van der Waals surface area contributed by atoms with Crippen LogP contribution in [0, 0.1) is 0 Å². The Balaban J connectivity index is 2.73. The zero-order valence-corrected chi connectivity index (χ0v) is 9.07. The summed E-state index contributed by atoms with van der Waals surface area (Å²) in [6.07, 6.45) is 3.53. The maximum atomic E-state index is 11.1. The lowest BCUT2D eigenvalue weighted by molar-refractivity contribution is -0.118. The summed E-state index contributed by atoms with van der Waals surface area (Å²) in [6.45, 7) is 1.88. The summed E-state index contributed by atoms with van der Waals surface area (Å²) in [5.74, 6) is -0.549. The highest BCUT2D eigenvalue weighted by atomic mass is 16.1. The summed E-state index contributed by atoms with van der Waals surface area (Å²) < 4.78 is 0. The highest BCUT2D eigenvalue weighted by Gasteiger charge is 2.03. The first kappa shape index (κ1) is 12.0. The van der Waals surface area contributed by atoms with E-state index >= 15 is 0 Å². The molecule has 0 unspecified atom stereocenters. The third kappa shape index (κ3) is 3.57. The van der Waals surface area contributed by atoms with Gasteiger partial charge in [-0.3, -0.25) is 9.59 Å². The lowest BCUT2D eigenvalue weighted by Crippen LogP contribution is -2.19. The predicted molar refractivity (Wildman–Crippen MR) is 62.7 cm³/mol. The Morgan fingerprint density at radius 3 is 2.69 bits per heavy atom. The second kappa shape index (κ2) is 5.70. The molecule has 0 aromatic heterocycles. The highest BCUT2D eigenvalue weighted by Crippen LogP contribution is 2.09. The van der Waals surface area contributed by atoms with Crippen molar-refractivity contribution >= 4 is 17.9 Å². The Bertz CT molecular complexity index is 425. The summed E-state index contributed by atoms with van der Waals surface area (Å²) in [5.41, 5.74) is 6.45. The molecule has 0 bridgehead atoms. The molecule has 2 amide bonds. The molecule has 84 valence electrons. The molecule has 1 aromatic carbocycles. The van der Waals surface area contributed by atoms with Gasteiger partial charge < -0.3 is 11.1 Å². The molecule has 0 aliphatic carbocycles. The minimum absolute atomic E-state index is 0.0900. The molecule has 0 atom stereocenters. The van der Waals surface area contributed by atoms with Gasteiger partial charge in [0.05, 0.1) is 0 Å². The minimum atomic E-state index is -0.459.